The SMILES string of the molecule is CCOC(=O)N1CCN(c2nc3c(c(C(F)(F)F)n2)C[C@@H](C)CC3)CC1. The van der Waals surface area contributed by atoms with Crippen LogP contribution >= 0.6 is 0 Å². The van der Waals surface area contributed by atoms with Gasteiger partial charge in [0, 0.05) is 37.4 Å². The first-order valence-electron chi connectivity index (χ1n) is 8.93. The fourth-order valence-corrected chi connectivity index (χ4v) is 3.45. The van der Waals surface area contributed by atoms with E-state index in [1.165, 1.54) is 0 Å². The van der Waals surface area contributed by atoms with Gasteiger partial charge in [0.1, 0.15) is 0 Å². The van der Waals surface area contributed by atoms with E-state index in [2.05, 4.69) is 9.97 Å². The van der Waals surface area contributed by atoms with Crippen LogP contribution in [0, 0.1) is 5.92 Å². The first-order valence-corrected chi connectivity index (χ1v) is 8.93. The van der Waals surface area contributed by atoms with Gasteiger partial charge in [0.05, 0.1) is 6.61 Å². The maximum atomic E-state index is 13.5. The van der Waals surface area contributed by atoms with Gasteiger partial charge >= 0.3 is 12.3 Å². The van der Waals surface area contributed by atoms with Crippen molar-refractivity contribution in [2.24, 2.45) is 5.92 Å². The molecular weight excluding hydrogens is 349 g/mol. The summed E-state index contributed by atoms with van der Waals surface area (Å²) in [7, 11) is 0. The van der Waals surface area contributed by atoms with E-state index in [1.807, 2.05) is 6.92 Å². The molecule has 1 aromatic rings. The molecule has 26 heavy (non-hydrogen) atoms. The highest BCUT2D eigenvalue weighted by Crippen LogP contribution is 2.37. The lowest BCUT2D eigenvalue weighted by Crippen LogP contribution is -2.49. The number of carbonyl (C=O) groups excluding carboxylic acids is 1. The van der Waals surface area contributed by atoms with Gasteiger partial charge in [-0.25, -0.2) is 14.8 Å². The van der Waals surface area contributed by atoms with Crippen molar-refractivity contribution < 1.29 is 22.7 Å². The van der Waals surface area contributed by atoms with E-state index in [-0.39, 0.29) is 17.4 Å². The van der Waals surface area contributed by atoms with Gasteiger partial charge in [-0.3, -0.25) is 0 Å². The van der Waals surface area contributed by atoms with Crippen LogP contribution < -0.4 is 4.90 Å². The Morgan fingerprint density at radius 3 is 2.54 bits per heavy atom. The highest BCUT2D eigenvalue weighted by molar-refractivity contribution is 5.68. The number of nitrogens with zero attached hydrogens (tertiary/aromatic N) is 4. The molecule has 1 fully saturated rings. The second kappa shape index (κ2) is 7.28. The molecular formula is C17H23F3N4O2. The number of ether oxygens (including phenoxy) is 1. The average molecular weight is 372 g/mol. The van der Waals surface area contributed by atoms with Gasteiger partial charge in [0.15, 0.2) is 5.69 Å². The summed E-state index contributed by atoms with van der Waals surface area (Å²) in [6, 6.07) is 0. The first kappa shape index (κ1) is 18.7. The van der Waals surface area contributed by atoms with E-state index in [4.69, 9.17) is 4.74 Å². The number of alkyl halides is 3. The number of aromatic nitrogens is 2. The Morgan fingerprint density at radius 2 is 1.92 bits per heavy atom. The lowest BCUT2D eigenvalue weighted by Gasteiger charge is -2.35. The van der Waals surface area contributed by atoms with Crippen LogP contribution in [0.4, 0.5) is 23.9 Å². The number of fused-ring (bicyclic) bond motifs is 1. The number of halogens is 3. The van der Waals surface area contributed by atoms with E-state index < -0.39 is 18.0 Å². The molecule has 0 radical (unpaired) electrons. The van der Waals surface area contributed by atoms with E-state index in [1.54, 1.807) is 16.7 Å². The van der Waals surface area contributed by atoms with Crippen LogP contribution in [0.25, 0.3) is 0 Å². The third kappa shape index (κ3) is 3.86. The molecule has 1 amide bonds. The molecule has 0 bridgehead atoms. The Morgan fingerprint density at radius 1 is 1.23 bits per heavy atom. The number of piperazine rings is 1. The first-order chi connectivity index (χ1) is 12.3. The summed E-state index contributed by atoms with van der Waals surface area (Å²) in [6.07, 6.45) is -3.16. The second-order valence-corrected chi connectivity index (χ2v) is 6.82. The standard InChI is InChI=1S/C17H23F3N4O2/c1-3-26-16(25)24-8-6-23(7-9-24)15-21-13-5-4-11(2)10-12(13)14(22-15)17(18,19)20/h11H,3-10H2,1-2H3/t11-/m0/s1. The van der Waals surface area contributed by atoms with Crippen molar-refractivity contribution >= 4 is 12.0 Å². The number of anilines is 1. The van der Waals surface area contributed by atoms with E-state index in [9.17, 15) is 18.0 Å². The average Bonchev–Trinajstić information content (AvgIpc) is 2.60. The fraction of sp³-hybridized carbons (Fsp3) is 0.706. The van der Waals surface area contributed by atoms with Crippen LogP contribution in [0.15, 0.2) is 0 Å². The smallest absolute Gasteiger partial charge is 0.433 e. The predicted molar refractivity (Wildman–Crippen MR) is 89.0 cm³/mol. The van der Waals surface area contributed by atoms with Crippen LogP contribution in [-0.4, -0.2) is 53.7 Å². The highest BCUT2D eigenvalue weighted by atomic mass is 19.4. The Hall–Kier alpha value is -2.06. The predicted octanol–water partition coefficient (Wildman–Crippen LogP) is 2.90. The zero-order valence-corrected chi connectivity index (χ0v) is 15.0. The quantitative estimate of drug-likeness (QED) is 0.799. The summed E-state index contributed by atoms with van der Waals surface area (Å²) < 4.78 is 45.5. The number of aryl methyl sites for hydroxylation is 1. The van der Waals surface area contributed by atoms with Gasteiger partial charge in [0.2, 0.25) is 5.95 Å². The van der Waals surface area contributed by atoms with E-state index in [0.29, 0.717) is 51.3 Å². The van der Waals surface area contributed by atoms with Crippen LogP contribution in [0.2, 0.25) is 0 Å². The molecule has 144 valence electrons. The lowest BCUT2D eigenvalue weighted by atomic mass is 9.87. The van der Waals surface area contributed by atoms with Gasteiger partial charge in [-0.2, -0.15) is 13.2 Å². The van der Waals surface area contributed by atoms with Crippen molar-refractivity contribution in [2.75, 3.05) is 37.7 Å². The van der Waals surface area contributed by atoms with Crippen molar-refractivity contribution in [3.05, 3.63) is 17.0 Å². The van der Waals surface area contributed by atoms with Crippen molar-refractivity contribution in [3.63, 3.8) is 0 Å². The van der Waals surface area contributed by atoms with Gasteiger partial charge in [-0.05, 0) is 32.1 Å². The molecule has 0 N–H and O–H groups in total. The maximum Gasteiger partial charge on any atom is 0.433 e. The summed E-state index contributed by atoms with van der Waals surface area (Å²) in [4.78, 5) is 23.3. The van der Waals surface area contributed by atoms with Gasteiger partial charge < -0.3 is 14.5 Å². The van der Waals surface area contributed by atoms with Crippen LogP contribution in [0.1, 0.15) is 37.2 Å². The van der Waals surface area contributed by atoms with Crippen molar-refractivity contribution in [2.45, 2.75) is 39.3 Å². The minimum atomic E-state index is -4.49. The van der Waals surface area contributed by atoms with Gasteiger partial charge in [-0.1, -0.05) is 6.92 Å². The monoisotopic (exact) mass is 372 g/mol. The topological polar surface area (TPSA) is 58.6 Å². The summed E-state index contributed by atoms with van der Waals surface area (Å²) in [5.41, 5.74) is -0.0599. The number of hydrogen-bond donors (Lipinski definition) is 0. The summed E-state index contributed by atoms with van der Waals surface area (Å²) in [5, 5.41) is 0. The Labute approximate surface area is 150 Å². The van der Waals surface area contributed by atoms with Gasteiger partial charge in [-0.15, -0.1) is 0 Å². The molecule has 1 atom stereocenters. The molecule has 1 saturated heterocycles. The maximum absolute atomic E-state index is 13.5. The van der Waals surface area contributed by atoms with E-state index in [0.717, 1.165) is 6.42 Å². The third-order valence-corrected chi connectivity index (χ3v) is 4.86. The molecule has 0 spiro atoms. The summed E-state index contributed by atoms with van der Waals surface area (Å²) in [6.45, 7) is 5.48. The Bertz CT molecular complexity index is 673. The number of carbonyl (C=O) groups is 1. The lowest BCUT2D eigenvalue weighted by molar-refractivity contribution is -0.142. The fourth-order valence-electron chi connectivity index (χ4n) is 3.45. The molecule has 9 heteroatoms. The van der Waals surface area contributed by atoms with Crippen molar-refractivity contribution in [1.29, 1.82) is 0 Å². The molecule has 1 aromatic heterocycles. The molecule has 2 heterocycles. The third-order valence-electron chi connectivity index (χ3n) is 4.86. The van der Waals surface area contributed by atoms with Crippen LogP contribution in [0.3, 0.4) is 0 Å². The zero-order chi connectivity index (χ0) is 18.9. The molecule has 2 aliphatic rings. The van der Waals surface area contributed by atoms with Crippen molar-refractivity contribution in [3.8, 4) is 0 Å². The van der Waals surface area contributed by atoms with Crippen LogP contribution in [0.5, 0.6) is 0 Å². The minimum Gasteiger partial charge on any atom is -0.450 e. The normalized spacial score (nSPS) is 20.7. The largest absolute Gasteiger partial charge is 0.450 e. The summed E-state index contributed by atoms with van der Waals surface area (Å²) in [5.74, 6) is 0.306. The molecule has 6 nitrogen and oxygen atoms in total. The number of amides is 1. The number of hydrogen-bond acceptors (Lipinski definition) is 5. The van der Waals surface area contributed by atoms with E-state index >= 15 is 0 Å². The van der Waals surface area contributed by atoms with Crippen LogP contribution in [-0.2, 0) is 23.8 Å². The molecule has 0 unspecified atom stereocenters. The highest BCUT2D eigenvalue weighted by Gasteiger charge is 2.39. The minimum absolute atomic E-state index is 0.106. The van der Waals surface area contributed by atoms with Crippen molar-refractivity contribution in [1.82, 2.24) is 14.9 Å². The number of rotatable bonds is 2. The zero-order valence-electron chi connectivity index (χ0n) is 15.0. The Balaban J connectivity index is 1.82. The molecule has 0 aromatic carbocycles. The Kier molecular flexibility index (Phi) is 5.24. The molecule has 3 rings (SSSR count). The second-order valence-electron chi connectivity index (χ2n) is 6.82. The summed E-state index contributed by atoms with van der Waals surface area (Å²) >= 11 is 0. The molecule has 1 aliphatic heterocycles. The van der Waals surface area contributed by atoms with Gasteiger partial charge in [0.25, 0.3) is 0 Å². The molecule has 0 saturated carbocycles. The molecule has 1 aliphatic carbocycles.